The maximum Gasteiger partial charge on any atom is 0.148 e. The number of ether oxygens (including phenoxy) is 1. The third kappa shape index (κ3) is 3.10. The van der Waals surface area contributed by atoms with Crippen LogP contribution in [0.1, 0.15) is 17.9 Å². The van der Waals surface area contributed by atoms with Gasteiger partial charge in [-0.3, -0.25) is 0 Å². The maximum absolute atomic E-state index is 13.4. The molecule has 2 aromatic rings. The van der Waals surface area contributed by atoms with Crippen LogP contribution in [-0.2, 0) is 0 Å². The molecule has 0 saturated carbocycles. The van der Waals surface area contributed by atoms with Crippen molar-refractivity contribution in [3.8, 4) is 5.75 Å². The van der Waals surface area contributed by atoms with Gasteiger partial charge in [0.2, 0.25) is 0 Å². The van der Waals surface area contributed by atoms with Gasteiger partial charge in [0, 0.05) is 17.0 Å². The maximum atomic E-state index is 13.4. The average molecular weight is 330 g/mol. The smallest absolute Gasteiger partial charge is 0.148 e. The average Bonchev–Trinajstić information content (AvgIpc) is 2.83. The summed E-state index contributed by atoms with van der Waals surface area (Å²) in [5, 5.41) is 1.97. The zero-order valence-corrected chi connectivity index (χ0v) is 12.2. The Hall–Kier alpha value is -0.910. The van der Waals surface area contributed by atoms with E-state index in [-0.39, 0.29) is 18.0 Å². The summed E-state index contributed by atoms with van der Waals surface area (Å²) in [6, 6.07) is 8.44. The Morgan fingerprint density at radius 2 is 2.17 bits per heavy atom. The second kappa shape index (κ2) is 5.82. The van der Waals surface area contributed by atoms with Gasteiger partial charge >= 0.3 is 0 Å². The minimum atomic E-state index is -0.345. The molecule has 0 bridgehead atoms. The van der Waals surface area contributed by atoms with Crippen LogP contribution in [0.2, 0.25) is 0 Å². The summed E-state index contributed by atoms with van der Waals surface area (Å²) >= 11 is 4.69. The van der Waals surface area contributed by atoms with E-state index < -0.39 is 0 Å². The van der Waals surface area contributed by atoms with Crippen molar-refractivity contribution >= 4 is 27.3 Å². The highest BCUT2D eigenvalue weighted by molar-refractivity contribution is 9.10. The number of rotatable bonds is 4. The van der Waals surface area contributed by atoms with Crippen LogP contribution in [0.5, 0.6) is 5.75 Å². The Labute approximate surface area is 118 Å². The molecule has 2 rings (SSSR count). The minimum Gasteiger partial charge on any atom is -0.483 e. The molecule has 5 heteroatoms. The lowest BCUT2D eigenvalue weighted by Crippen LogP contribution is -2.28. The van der Waals surface area contributed by atoms with Gasteiger partial charge in [-0.1, -0.05) is 6.07 Å². The van der Waals surface area contributed by atoms with Gasteiger partial charge in [0.1, 0.15) is 17.7 Å². The summed E-state index contributed by atoms with van der Waals surface area (Å²) in [5.74, 6) is 0.133. The lowest BCUT2D eigenvalue weighted by Gasteiger charge is -2.21. The van der Waals surface area contributed by atoms with Crippen LogP contribution < -0.4 is 10.5 Å². The van der Waals surface area contributed by atoms with E-state index in [0.29, 0.717) is 10.2 Å². The van der Waals surface area contributed by atoms with Crippen LogP contribution in [0.4, 0.5) is 4.39 Å². The molecule has 2 unspecified atom stereocenters. The molecular formula is C13H13BrFNOS. The van der Waals surface area contributed by atoms with E-state index in [1.165, 1.54) is 6.07 Å². The summed E-state index contributed by atoms with van der Waals surface area (Å²) < 4.78 is 19.6. The van der Waals surface area contributed by atoms with E-state index in [2.05, 4.69) is 15.9 Å². The van der Waals surface area contributed by atoms with Gasteiger partial charge in [-0.2, -0.15) is 0 Å². The standard InChI is InChI=1S/C13H13BrFNOS/c1-8(16)13(12-3-2-6-18-12)17-9-4-5-10(14)11(15)7-9/h2-8,13H,16H2,1H3. The molecule has 0 aliphatic rings. The first kappa shape index (κ1) is 13.5. The van der Waals surface area contributed by atoms with Gasteiger partial charge in [-0.05, 0) is 46.4 Å². The van der Waals surface area contributed by atoms with Gasteiger partial charge in [0.15, 0.2) is 0 Å². The van der Waals surface area contributed by atoms with Gasteiger partial charge in [0.05, 0.1) is 4.47 Å². The normalized spacial score (nSPS) is 14.2. The molecule has 0 saturated heterocycles. The SMILES string of the molecule is CC(N)C(Oc1ccc(Br)c(F)c1)c1cccs1. The Kier molecular flexibility index (Phi) is 4.37. The van der Waals surface area contributed by atoms with Gasteiger partial charge < -0.3 is 10.5 Å². The van der Waals surface area contributed by atoms with Gasteiger partial charge in [-0.25, -0.2) is 4.39 Å². The monoisotopic (exact) mass is 329 g/mol. The quantitative estimate of drug-likeness (QED) is 0.915. The van der Waals surface area contributed by atoms with Gasteiger partial charge in [0.25, 0.3) is 0 Å². The minimum absolute atomic E-state index is 0.171. The number of hydrogen-bond donors (Lipinski definition) is 1. The Morgan fingerprint density at radius 1 is 1.39 bits per heavy atom. The summed E-state index contributed by atoms with van der Waals surface area (Å²) in [5.41, 5.74) is 5.92. The zero-order chi connectivity index (χ0) is 13.1. The van der Waals surface area contributed by atoms with Crippen molar-refractivity contribution in [3.63, 3.8) is 0 Å². The van der Waals surface area contributed by atoms with Crippen molar-refractivity contribution in [1.29, 1.82) is 0 Å². The predicted octanol–water partition coefficient (Wildman–Crippen LogP) is 4.12. The van der Waals surface area contributed by atoms with E-state index in [4.69, 9.17) is 10.5 Å². The lowest BCUT2D eigenvalue weighted by molar-refractivity contribution is 0.183. The molecule has 2 atom stereocenters. The number of benzene rings is 1. The van der Waals surface area contributed by atoms with Crippen molar-refractivity contribution in [1.82, 2.24) is 0 Å². The lowest BCUT2D eigenvalue weighted by atomic mass is 10.1. The highest BCUT2D eigenvalue weighted by Crippen LogP contribution is 2.29. The van der Waals surface area contributed by atoms with Crippen LogP contribution in [0.3, 0.4) is 0 Å². The Morgan fingerprint density at radius 3 is 2.72 bits per heavy atom. The Bertz CT molecular complexity index is 516. The Balaban J connectivity index is 2.21. The molecule has 1 aromatic carbocycles. The van der Waals surface area contributed by atoms with Crippen molar-refractivity contribution in [2.45, 2.75) is 19.1 Å². The fraction of sp³-hybridized carbons (Fsp3) is 0.231. The predicted molar refractivity (Wildman–Crippen MR) is 75.4 cm³/mol. The van der Waals surface area contributed by atoms with Crippen LogP contribution in [0.25, 0.3) is 0 Å². The summed E-state index contributed by atoms with van der Waals surface area (Å²) in [6.07, 6.45) is -0.259. The van der Waals surface area contributed by atoms with Crippen LogP contribution >= 0.6 is 27.3 Å². The molecule has 1 heterocycles. The summed E-state index contributed by atoms with van der Waals surface area (Å²) in [4.78, 5) is 1.04. The van der Waals surface area contributed by atoms with Gasteiger partial charge in [-0.15, -0.1) is 11.3 Å². The number of thiophene rings is 1. The molecule has 18 heavy (non-hydrogen) atoms. The fourth-order valence-corrected chi connectivity index (χ4v) is 2.69. The largest absolute Gasteiger partial charge is 0.483 e. The van der Waals surface area contributed by atoms with E-state index in [1.54, 1.807) is 23.5 Å². The molecule has 96 valence electrons. The molecule has 0 spiro atoms. The number of halogens is 2. The number of hydrogen-bond acceptors (Lipinski definition) is 3. The van der Waals surface area contributed by atoms with Crippen molar-refractivity contribution in [2.24, 2.45) is 5.73 Å². The second-order valence-electron chi connectivity index (χ2n) is 3.99. The molecule has 2 nitrogen and oxygen atoms in total. The summed E-state index contributed by atoms with van der Waals surface area (Å²) in [6.45, 7) is 1.87. The molecule has 0 aliphatic heterocycles. The first-order valence-corrected chi connectivity index (χ1v) is 7.16. The zero-order valence-electron chi connectivity index (χ0n) is 9.77. The highest BCUT2D eigenvalue weighted by Gasteiger charge is 2.19. The molecule has 0 aliphatic carbocycles. The summed E-state index contributed by atoms with van der Waals surface area (Å²) in [7, 11) is 0. The fourth-order valence-electron chi connectivity index (χ4n) is 1.57. The third-order valence-electron chi connectivity index (χ3n) is 2.46. The third-order valence-corrected chi connectivity index (χ3v) is 4.03. The van der Waals surface area contributed by atoms with Crippen molar-refractivity contribution in [3.05, 3.63) is 50.9 Å². The molecule has 0 fully saturated rings. The molecule has 0 amide bonds. The highest BCUT2D eigenvalue weighted by atomic mass is 79.9. The molecule has 2 N–H and O–H groups in total. The first-order valence-electron chi connectivity index (χ1n) is 5.48. The van der Waals surface area contributed by atoms with Crippen LogP contribution in [0, 0.1) is 5.82 Å². The second-order valence-corrected chi connectivity index (χ2v) is 5.82. The van der Waals surface area contributed by atoms with Crippen molar-refractivity contribution < 1.29 is 9.13 Å². The first-order chi connectivity index (χ1) is 8.58. The van der Waals surface area contributed by atoms with E-state index >= 15 is 0 Å². The van der Waals surface area contributed by atoms with Crippen LogP contribution in [-0.4, -0.2) is 6.04 Å². The molecule has 1 aromatic heterocycles. The van der Waals surface area contributed by atoms with E-state index in [9.17, 15) is 4.39 Å². The topological polar surface area (TPSA) is 35.2 Å². The molecular weight excluding hydrogens is 317 g/mol. The number of nitrogens with two attached hydrogens (primary N) is 1. The van der Waals surface area contributed by atoms with E-state index in [1.807, 2.05) is 24.4 Å². The van der Waals surface area contributed by atoms with Crippen molar-refractivity contribution in [2.75, 3.05) is 0 Å². The molecule has 0 radical (unpaired) electrons. The van der Waals surface area contributed by atoms with E-state index in [0.717, 1.165) is 4.88 Å². The van der Waals surface area contributed by atoms with Crippen LogP contribution in [0.15, 0.2) is 40.2 Å².